The summed E-state index contributed by atoms with van der Waals surface area (Å²) in [6, 6.07) is 8.12. The molecule has 0 heterocycles. The molecule has 28 heavy (non-hydrogen) atoms. The van der Waals surface area contributed by atoms with E-state index < -0.39 is 0 Å². The summed E-state index contributed by atoms with van der Waals surface area (Å²) < 4.78 is 0. The summed E-state index contributed by atoms with van der Waals surface area (Å²) in [4.78, 5) is 27.9. The van der Waals surface area contributed by atoms with Crippen LogP contribution in [0.2, 0.25) is 0 Å². The average molecular weight is 428 g/mol. The Morgan fingerprint density at radius 1 is 1.21 bits per heavy atom. The van der Waals surface area contributed by atoms with Crippen LogP contribution in [-0.4, -0.2) is 54.7 Å². The Balaban J connectivity index is 0.00000392. The van der Waals surface area contributed by atoms with Crippen LogP contribution in [0.1, 0.15) is 56.3 Å². The summed E-state index contributed by atoms with van der Waals surface area (Å²) in [7, 11) is 1.92. The third-order valence-corrected chi connectivity index (χ3v) is 6.18. The van der Waals surface area contributed by atoms with E-state index in [0.717, 1.165) is 24.3 Å². The van der Waals surface area contributed by atoms with Crippen LogP contribution < -0.4 is 10.6 Å². The smallest absolute Gasteiger partial charge is 0.252 e. The van der Waals surface area contributed by atoms with E-state index >= 15 is 0 Å². The molecule has 1 aliphatic carbocycles. The van der Waals surface area contributed by atoms with Crippen LogP contribution in [0.15, 0.2) is 29.2 Å². The maximum Gasteiger partial charge on any atom is 0.252 e. The first kappa shape index (κ1) is 24.8. The molecule has 1 atom stereocenters. The van der Waals surface area contributed by atoms with Gasteiger partial charge in [-0.15, -0.1) is 24.2 Å². The predicted octanol–water partition coefficient (Wildman–Crippen LogP) is 3.72. The van der Waals surface area contributed by atoms with Gasteiger partial charge < -0.3 is 15.5 Å². The second-order valence-corrected chi connectivity index (χ2v) is 8.27. The molecule has 2 amide bonds. The Morgan fingerprint density at radius 2 is 1.89 bits per heavy atom. The Hall–Kier alpha value is -1.24. The first-order valence-corrected chi connectivity index (χ1v) is 11.0. The van der Waals surface area contributed by atoms with Gasteiger partial charge >= 0.3 is 0 Å². The van der Waals surface area contributed by atoms with Gasteiger partial charge in [-0.1, -0.05) is 38.3 Å². The van der Waals surface area contributed by atoms with Crippen molar-refractivity contribution in [1.82, 2.24) is 15.5 Å². The molecule has 0 aliphatic heterocycles. The maximum absolute atomic E-state index is 12.6. The number of benzene rings is 1. The third kappa shape index (κ3) is 7.64. The number of likely N-dealkylation sites (N-methyl/N-ethyl adjacent to an activating group) is 1. The highest BCUT2D eigenvalue weighted by Crippen LogP contribution is 2.25. The van der Waals surface area contributed by atoms with Gasteiger partial charge in [0.1, 0.15) is 0 Å². The van der Waals surface area contributed by atoms with Crippen LogP contribution in [0.5, 0.6) is 0 Å². The van der Waals surface area contributed by atoms with E-state index in [2.05, 4.69) is 10.6 Å². The number of hydrogen-bond acceptors (Lipinski definition) is 4. The number of amides is 2. The van der Waals surface area contributed by atoms with Gasteiger partial charge in [-0.05, 0) is 38.4 Å². The second kappa shape index (κ2) is 13.1. The van der Waals surface area contributed by atoms with Crippen molar-refractivity contribution in [3.63, 3.8) is 0 Å². The molecule has 5 nitrogen and oxygen atoms in total. The van der Waals surface area contributed by atoms with Crippen LogP contribution in [0, 0.1) is 0 Å². The summed E-state index contributed by atoms with van der Waals surface area (Å²) in [6.45, 7) is 5.55. The summed E-state index contributed by atoms with van der Waals surface area (Å²) in [5.41, 5.74) is 0.638. The number of halogens is 1. The van der Waals surface area contributed by atoms with Crippen molar-refractivity contribution in [1.29, 1.82) is 0 Å². The lowest BCUT2D eigenvalue weighted by Gasteiger charge is -2.31. The van der Waals surface area contributed by atoms with E-state index in [1.807, 2.05) is 50.1 Å². The normalized spacial score (nSPS) is 15.4. The molecule has 2 rings (SSSR count). The number of carbonyl (C=O) groups is 2. The molecule has 0 saturated heterocycles. The zero-order chi connectivity index (χ0) is 19.6. The SMILES string of the molecule is CCN[C@H](C)CNC(=O)c1ccccc1SCC(=O)N(C)C1CCCCC1.Cl. The molecule has 0 aromatic heterocycles. The van der Waals surface area contributed by atoms with Crippen molar-refractivity contribution in [3.05, 3.63) is 29.8 Å². The van der Waals surface area contributed by atoms with Crippen LogP contribution in [0.3, 0.4) is 0 Å². The predicted molar refractivity (Wildman–Crippen MR) is 120 cm³/mol. The Morgan fingerprint density at radius 3 is 2.57 bits per heavy atom. The molecule has 2 N–H and O–H groups in total. The summed E-state index contributed by atoms with van der Waals surface area (Å²) in [5, 5.41) is 6.26. The standard InChI is InChI=1S/C21H33N3O2S.ClH/c1-4-22-16(2)14-23-21(26)18-12-8-9-13-19(18)27-15-20(25)24(3)17-10-6-5-7-11-17;/h8-9,12-13,16-17,22H,4-7,10-11,14-15H2,1-3H3,(H,23,26);1H/t16-;/m1./s1. The van der Waals surface area contributed by atoms with E-state index in [1.54, 1.807) is 0 Å². The lowest BCUT2D eigenvalue weighted by Crippen LogP contribution is -2.39. The van der Waals surface area contributed by atoms with Gasteiger partial charge in [0.15, 0.2) is 0 Å². The molecule has 1 saturated carbocycles. The van der Waals surface area contributed by atoms with Gasteiger partial charge in [0.05, 0.1) is 11.3 Å². The van der Waals surface area contributed by atoms with E-state index in [1.165, 1.54) is 31.0 Å². The largest absolute Gasteiger partial charge is 0.350 e. The minimum absolute atomic E-state index is 0. The molecule has 0 unspecified atom stereocenters. The monoisotopic (exact) mass is 427 g/mol. The van der Waals surface area contributed by atoms with Gasteiger partial charge in [0.25, 0.3) is 5.91 Å². The summed E-state index contributed by atoms with van der Waals surface area (Å²) in [6.07, 6.45) is 5.92. The number of nitrogens with one attached hydrogen (secondary N) is 2. The summed E-state index contributed by atoms with van der Waals surface area (Å²) >= 11 is 1.45. The molecule has 1 fully saturated rings. The fourth-order valence-corrected chi connectivity index (χ4v) is 4.43. The van der Waals surface area contributed by atoms with Crippen molar-refractivity contribution in [2.45, 2.75) is 62.9 Å². The average Bonchev–Trinajstić information content (AvgIpc) is 2.70. The number of nitrogens with zero attached hydrogens (tertiary/aromatic N) is 1. The fraction of sp³-hybridized carbons (Fsp3) is 0.619. The lowest BCUT2D eigenvalue weighted by molar-refractivity contribution is -0.129. The second-order valence-electron chi connectivity index (χ2n) is 7.25. The summed E-state index contributed by atoms with van der Waals surface area (Å²) in [5.74, 6) is 0.421. The van der Waals surface area contributed by atoms with Crippen molar-refractivity contribution in [3.8, 4) is 0 Å². The number of carbonyl (C=O) groups excluding carboxylic acids is 2. The highest BCUT2D eigenvalue weighted by Gasteiger charge is 2.22. The van der Waals surface area contributed by atoms with Crippen LogP contribution in [0.25, 0.3) is 0 Å². The van der Waals surface area contributed by atoms with Gasteiger partial charge in [-0.25, -0.2) is 0 Å². The van der Waals surface area contributed by atoms with Crippen LogP contribution >= 0.6 is 24.2 Å². The van der Waals surface area contributed by atoms with Gasteiger partial charge in [-0.2, -0.15) is 0 Å². The molecule has 0 radical (unpaired) electrons. The first-order valence-electron chi connectivity index (χ1n) is 10.0. The van der Waals surface area contributed by atoms with Crippen LogP contribution in [-0.2, 0) is 4.79 Å². The highest BCUT2D eigenvalue weighted by atomic mass is 35.5. The maximum atomic E-state index is 12.6. The first-order chi connectivity index (χ1) is 13.0. The zero-order valence-electron chi connectivity index (χ0n) is 17.2. The molecule has 7 heteroatoms. The number of thioether (sulfide) groups is 1. The van der Waals surface area contributed by atoms with Crippen molar-refractivity contribution < 1.29 is 9.59 Å². The molecule has 1 aromatic rings. The minimum Gasteiger partial charge on any atom is -0.350 e. The van der Waals surface area contributed by atoms with Crippen LogP contribution in [0.4, 0.5) is 0 Å². The van der Waals surface area contributed by atoms with Gasteiger partial charge in [0, 0.05) is 30.6 Å². The zero-order valence-corrected chi connectivity index (χ0v) is 18.8. The molecule has 1 aromatic carbocycles. The van der Waals surface area contributed by atoms with Gasteiger partial charge in [-0.3, -0.25) is 9.59 Å². The fourth-order valence-electron chi connectivity index (χ4n) is 3.46. The highest BCUT2D eigenvalue weighted by molar-refractivity contribution is 8.00. The number of hydrogen-bond donors (Lipinski definition) is 2. The Bertz CT molecular complexity index is 623. The van der Waals surface area contributed by atoms with E-state index in [0.29, 0.717) is 23.9 Å². The molecular formula is C21H34ClN3O2S. The Kier molecular flexibility index (Phi) is 11.6. The number of rotatable bonds is 9. The quantitative estimate of drug-likeness (QED) is 0.589. The Labute approximate surface area is 179 Å². The molecule has 0 spiro atoms. The molecule has 158 valence electrons. The third-order valence-electron chi connectivity index (χ3n) is 5.12. The lowest BCUT2D eigenvalue weighted by atomic mass is 9.94. The topological polar surface area (TPSA) is 61.4 Å². The van der Waals surface area contributed by atoms with E-state index in [-0.39, 0.29) is 30.3 Å². The van der Waals surface area contributed by atoms with Gasteiger partial charge in [0.2, 0.25) is 5.91 Å². The minimum atomic E-state index is -0.0871. The van der Waals surface area contributed by atoms with Crippen molar-refractivity contribution >= 4 is 36.0 Å². The van der Waals surface area contributed by atoms with E-state index in [4.69, 9.17) is 0 Å². The van der Waals surface area contributed by atoms with Crippen molar-refractivity contribution in [2.75, 3.05) is 25.9 Å². The molecule has 0 bridgehead atoms. The molecular weight excluding hydrogens is 394 g/mol. The van der Waals surface area contributed by atoms with E-state index in [9.17, 15) is 9.59 Å². The van der Waals surface area contributed by atoms with Crippen molar-refractivity contribution in [2.24, 2.45) is 0 Å². The molecule has 1 aliphatic rings.